The first-order valence-corrected chi connectivity index (χ1v) is 9.55. The largest absolute Gasteiger partial charge is 0.494 e. The van der Waals surface area contributed by atoms with Gasteiger partial charge in [-0.3, -0.25) is 14.6 Å². The third kappa shape index (κ3) is 6.42. The molecule has 0 saturated carbocycles. The molecule has 7 heteroatoms. The average molecular weight is 363 g/mol. The number of ether oxygens (including phenoxy) is 1. The van der Waals surface area contributed by atoms with Gasteiger partial charge in [-0.25, -0.2) is 0 Å². The van der Waals surface area contributed by atoms with Crippen LogP contribution in [0.3, 0.4) is 0 Å². The molecule has 2 rings (SSSR count). The standard InChI is InChI=1S/C18H25N3O3S/c1-3-5-10-19-18-21-17(23)15(25-18)12-16(22)20-13-6-8-14(9-7-13)24-11-4-2/h6-9,15H,3-5,10-12H2,1-2H3,(H,20,22)(H,19,21,23). The first-order valence-electron chi connectivity index (χ1n) is 8.67. The summed E-state index contributed by atoms with van der Waals surface area (Å²) < 4.78 is 5.51. The number of benzene rings is 1. The second-order valence-corrected chi connectivity index (χ2v) is 6.95. The minimum absolute atomic E-state index is 0.122. The van der Waals surface area contributed by atoms with Crippen molar-refractivity contribution in [1.82, 2.24) is 5.32 Å². The Balaban J connectivity index is 1.81. The summed E-state index contributed by atoms with van der Waals surface area (Å²) in [5.41, 5.74) is 0.689. The van der Waals surface area contributed by atoms with Crippen molar-refractivity contribution in [1.29, 1.82) is 0 Å². The van der Waals surface area contributed by atoms with Crippen molar-refractivity contribution < 1.29 is 14.3 Å². The molecule has 1 aromatic carbocycles. The van der Waals surface area contributed by atoms with E-state index < -0.39 is 5.25 Å². The summed E-state index contributed by atoms with van der Waals surface area (Å²) in [6, 6.07) is 7.23. The molecule has 1 aliphatic heterocycles. The number of carbonyl (C=O) groups is 2. The molecular weight excluding hydrogens is 338 g/mol. The van der Waals surface area contributed by atoms with Crippen LogP contribution < -0.4 is 15.4 Å². The molecule has 1 saturated heterocycles. The van der Waals surface area contributed by atoms with E-state index in [2.05, 4.69) is 22.5 Å². The number of anilines is 1. The number of nitrogens with zero attached hydrogens (tertiary/aromatic N) is 1. The molecule has 136 valence electrons. The lowest BCUT2D eigenvalue weighted by atomic mass is 10.2. The molecule has 1 aromatic rings. The number of amidine groups is 1. The second-order valence-electron chi connectivity index (χ2n) is 5.76. The second kappa shape index (κ2) is 10.1. The predicted molar refractivity (Wildman–Crippen MR) is 102 cm³/mol. The van der Waals surface area contributed by atoms with Crippen molar-refractivity contribution >= 4 is 34.4 Å². The van der Waals surface area contributed by atoms with Gasteiger partial charge in [0, 0.05) is 18.7 Å². The van der Waals surface area contributed by atoms with Crippen molar-refractivity contribution in [2.75, 3.05) is 18.5 Å². The van der Waals surface area contributed by atoms with Gasteiger partial charge in [0.2, 0.25) is 11.8 Å². The van der Waals surface area contributed by atoms with Gasteiger partial charge in [-0.05, 0) is 37.1 Å². The number of hydrogen-bond donors (Lipinski definition) is 2. The zero-order valence-electron chi connectivity index (χ0n) is 14.7. The number of aliphatic imine (C=N–C) groups is 1. The van der Waals surface area contributed by atoms with Crippen molar-refractivity contribution in [2.45, 2.75) is 44.8 Å². The van der Waals surface area contributed by atoms with Gasteiger partial charge in [0.25, 0.3) is 0 Å². The molecule has 1 unspecified atom stereocenters. The lowest BCUT2D eigenvalue weighted by Crippen LogP contribution is -2.28. The van der Waals surface area contributed by atoms with E-state index in [-0.39, 0.29) is 18.2 Å². The SMILES string of the molecule is CCCCN=C1NC(=O)C(CC(=O)Nc2ccc(OCCC)cc2)S1. The normalized spacial score (nSPS) is 18.2. The average Bonchev–Trinajstić information content (AvgIpc) is 2.94. The van der Waals surface area contributed by atoms with Crippen LogP contribution in [0.2, 0.25) is 0 Å². The maximum absolute atomic E-state index is 12.2. The van der Waals surface area contributed by atoms with Crippen LogP contribution in [-0.4, -0.2) is 35.4 Å². The van der Waals surface area contributed by atoms with Crippen LogP contribution in [0.5, 0.6) is 5.75 Å². The van der Waals surface area contributed by atoms with Crippen molar-refractivity contribution in [2.24, 2.45) is 4.99 Å². The zero-order chi connectivity index (χ0) is 18.1. The molecule has 2 N–H and O–H groups in total. The topological polar surface area (TPSA) is 79.8 Å². The molecule has 25 heavy (non-hydrogen) atoms. The Hall–Kier alpha value is -2.02. The lowest BCUT2D eigenvalue weighted by Gasteiger charge is -2.09. The smallest absolute Gasteiger partial charge is 0.240 e. The Bertz CT molecular complexity index is 616. The first-order chi connectivity index (χ1) is 12.1. The molecule has 0 aliphatic carbocycles. The van der Waals surface area contributed by atoms with Gasteiger partial charge in [-0.1, -0.05) is 32.0 Å². The van der Waals surface area contributed by atoms with Crippen LogP contribution in [-0.2, 0) is 9.59 Å². The zero-order valence-corrected chi connectivity index (χ0v) is 15.5. The van der Waals surface area contributed by atoms with E-state index in [0.717, 1.165) is 25.0 Å². The number of hydrogen-bond acceptors (Lipinski definition) is 5. The van der Waals surface area contributed by atoms with E-state index in [1.165, 1.54) is 11.8 Å². The van der Waals surface area contributed by atoms with Crippen molar-refractivity contribution in [3.05, 3.63) is 24.3 Å². The fourth-order valence-electron chi connectivity index (χ4n) is 2.19. The molecule has 0 aromatic heterocycles. The van der Waals surface area contributed by atoms with Crippen LogP contribution in [0.15, 0.2) is 29.3 Å². The number of rotatable bonds is 9. The van der Waals surface area contributed by atoms with E-state index in [4.69, 9.17) is 4.74 Å². The van der Waals surface area contributed by atoms with Crippen molar-refractivity contribution in [3.8, 4) is 5.75 Å². The summed E-state index contributed by atoms with van der Waals surface area (Å²) in [6.07, 6.45) is 3.12. The van der Waals surface area contributed by atoms with Gasteiger partial charge in [0.15, 0.2) is 5.17 Å². The van der Waals surface area contributed by atoms with Crippen LogP contribution in [0.4, 0.5) is 5.69 Å². The highest BCUT2D eigenvalue weighted by molar-refractivity contribution is 8.15. The van der Waals surface area contributed by atoms with Crippen LogP contribution >= 0.6 is 11.8 Å². The van der Waals surface area contributed by atoms with Gasteiger partial charge in [-0.15, -0.1) is 0 Å². The third-order valence-electron chi connectivity index (χ3n) is 3.53. The number of thioether (sulfide) groups is 1. The van der Waals surface area contributed by atoms with Gasteiger partial charge in [-0.2, -0.15) is 0 Å². The fraction of sp³-hybridized carbons (Fsp3) is 0.500. The molecule has 2 amide bonds. The van der Waals surface area contributed by atoms with E-state index in [9.17, 15) is 9.59 Å². The van der Waals surface area contributed by atoms with Crippen LogP contribution in [0.25, 0.3) is 0 Å². The summed E-state index contributed by atoms with van der Waals surface area (Å²) in [4.78, 5) is 28.4. The van der Waals surface area contributed by atoms with Gasteiger partial charge in [0.1, 0.15) is 11.0 Å². The highest BCUT2D eigenvalue weighted by atomic mass is 32.2. The van der Waals surface area contributed by atoms with E-state index in [0.29, 0.717) is 24.0 Å². The molecule has 0 bridgehead atoms. The Labute approximate surface area is 152 Å². The number of nitrogens with one attached hydrogen (secondary N) is 2. The minimum atomic E-state index is -0.424. The first kappa shape index (κ1) is 19.3. The molecule has 1 atom stereocenters. The summed E-state index contributed by atoms with van der Waals surface area (Å²) >= 11 is 1.33. The van der Waals surface area contributed by atoms with Crippen LogP contribution in [0.1, 0.15) is 39.5 Å². The highest BCUT2D eigenvalue weighted by Gasteiger charge is 2.31. The maximum atomic E-state index is 12.2. The fourth-order valence-corrected chi connectivity index (χ4v) is 3.18. The Morgan fingerprint density at radius 3 is 2.72 bits per heavy atom. The Kier molecular flexibility index (Phi) is 7.78. The summed E-state index contributed by atoms with van der Waals surface area (Å²) in [5, 5.41) is 5.74. The van der Waals surface area contributed by atoms with Gasteiger partial charge < -0.3 is 15.4 Å². The van der Waals surface area contributed by atoms with E-state index in [1.807, 2.05) is 19.1 Å². The van der Waals surface area contributed by atoms with Crippen molar-refractivity contribution in [3.63, 3.8) is 0 Å². The Morgan fingerprint density at radius 1 is 1.28 bits per heavy atom. The molecule has 1 aliphatic rings. The third-order valence-corrected chi connectivity index (χ3v) is 4.64. The highest BCUT2D eigenvalue weighted by Crippen LogP contribution is 2.23. The Morgan fingerprint density at radius 2 is 2.04 bits per heavy atom. The minimum Gasteiger partial charge on any atom is -0.494 e. The van der Waals surface area contributed by atoms with Gasteiger partial charge >= 0.3 is 0 Å². The predicted octanol–water partition coefficient (Wildman–Crippen LogP) is 3.19. The molecule has 6 nitrogen and oxygen atoms in total. The van der Waals surface area contributed by atoms with Gasteiger partial charge in [0.05, 0.1) is 6.61 Å². The quantitative estimate of drug-likeness (QED) is 0.660. The summed E-state index contributed by atoms with van der Waals surface area (Å²) in [6.45, 7) is 5.51. The van der Waals surface area contributed by atoms with E-state index >= 15 is 0 Å². The molecule has 1 heterocycles. The molecule has 1 fully saturated rings. The molecular formula is C18H25N3O3S. The summed E-state index contributed by atoms with van der Waals surface area (Å²) in [7, 11) is 0. The molecule has 0 radical (unpaired) electrons. The van der Waals surface area contributed by atoms with Crippen LogP contribution in [0, 0.1) is 0 Å². The number of carbonyl (C=O) groups excluding carboxylic acids is 2. The lowest BCUT2D eigenvalue weighted by molar-refractivity contribution is -0.122. The van der Waals surface area contributed by atoms with E-state index in [1.54, 1.807) is 12.1 Å². The maximum Gasteiger partial charge on any atom is 0.240 e. The number of amides is 2. The number of unbranched alkanes of at least 4 members (excludes halogenated alkanes) is 1. The molecule has 0 spiro atoms. The monoisotopic (exact) mass is 363 g/mol. The summed E-state index contributed by atoms with van der Waals surface area (Å²) in [5.74, 6) is 0.432.